The van der Waals surface area contributed by atoms with Gasteiger partial charge in [-0.1, -0.05) is 43.8 Å². The minimum Gasteiger partial charge on any atom is -0.325 e. The smallest absolute Gasteiger partial charge is 0.237 e. The van der Waals surface area contributed by atoms with Crippen LogP contribution in [0.25, 0.3) is 0 Å². The Morgan fingerprint density at radius 3 is 2.54 bits per heavy atom. The molecule has 1 amide bonds. The van der Waals surface area contributed by atoms with Crippen molar-refractivity contribution in [2.24, 2.45) is 0 Å². The summed E-state index contributed by atoms with van der Waals surface area (Å²) in [5.41, 5.74) is 3.12. The van der Waals surface area contributed by atoms with Crippen molar-refractivity contribution in [3.63, 3.8) is 0 Å². The lowest BCUT2D eigenvalue weighted by Crippen LogP contribution is -2.24. The van der Waals surface area contributed by atoms with E-state index >= 15 is 0 Å². The maximum Gasteiger partial charge on any atom is 0.237 e. The topological polar surface area (TPSA) is 72.7 Å². The number of tetrazole rings is 1. The van der Waals surface area contributed by atoms with Crippen LogP contribution in [0.15, 0.2) is 23.4 Å². The molecule has 1 aromatic carbocycles. The van der Waals surface area contributed by atoms with Crippen LogP contribution in [-0.2, 0) is 4.79 Å². The number of thioether (sulfide) groups is 1. The number of carbonyl (C=O) groups excluding carboxylic acids is 1. The molecule has 0 saturated heterocycles. The van der Waals surface area contributed by atoms with Crippen molar-refractivity contribution in [1.82, 2.24) is 20.2 Å². The highest BCUT2D eigenvalue weighted by atomic mass is 32.2. The molecule has 0 radical (unpaired) electrons. The molecule has 0 aliphatic heterocycles. The molecule has 7 heteroatoms. The second-order valence-electron chi connectivity index (χ2n) is 6.44. The Bertz CT molecular complexity index is 711. The molecule has 1 N–H and O–H groups in total. The third kappa shape index (κ3) is 4.14. The van der Waals surface area contributed by atoms with Gasteiger partial charge in [0.15, 0.2) is 0 Å². The maximum absolute atomic E-state index is 12.6. The van der Waals surface area contributed by atoms with Crippen molar-refractivity contribution in [2.45, 2.75) is 63.9 Å². The van der Waals surface area contributed by atoms with E-state index in [9.17, 15) is 4.79 Å². The molecule has 1 heterocycles. The van der Waals surface area contributed by atoms with Crippen molar-refractivity contribution in [2.75, 3.05) is 5.32 Å². The van der Waals surface area contributed by atoms with E-state index in [0.29, 0.717) is 11.1 Å². The van der Waals surface area contributed by atoms with Gasteiger partial charge in [0, 0.05) is 5.69 Å². The van der Waals surface area contributed by atoms with Crippen LogP contribution in [0.4, 0.5) is 5.69 Å². The van der Waals surface area contributed by atoms with Gasteiger partial charge < -0.3 is 5.32 Å². The molecule has 0 bridgehead atoms. The normalized spacial score (nSPS) is 12.7. The maximum atomic E-state index is 12.6. The van der Waals surface area contributed by atoms with Crippen molar-refractivity contribution in [1.29, 1.82) is 0 Å². The van der Waals surface area contributed by atoms with Gasteiger partial charge in [0.25, 0.3) is 0 Å². The zero-order chi connectivity index (χ0) is 17.9. The molecular weight excluding hydrogens is 322 g/mol. The van der Waals surface area contributed by atoms with Crippen LogP contribution in [0, 0.1) is 6.92 Å². The standard InChI is InChI=1S/C17H25N5OS/c1-10(2)14-9-7-8-12(5)15(14)18-16(23)13(6)24-17-19-20-21-22(17)11(3)4/h7-11,13H,1-6H3,(H,18,23). The summed E-state index contributed by atoms with van der Waals surface area (Å²) in [6, 6.07) is 6.25. The minimum atomic E-state index is -0.298. The van der Waals surface area contributed by atoms with Crippen LogP contribution in [0.1, 0.15) is 57.7 Å². The second-order valence-corrected chi connectivity index (χ2v) is 7.75. The van der Waals surface area contributed by atoms with E-state index in [0.717, 1.165) is 16.8 Å². The van der Waals surface area contributed by atoms with Crippen molar-refractivity contribution in [3.8, 4) is 0 Å². The molecule has 130 valence electrons. The number of hydrogen-bond acceptors (Lipinski definition) is 5. The van der Waals surface area contributed by atoms with E-state index < -0.39 is 0 Å². The number of hydrogen-bond donors (Lipinski definition) is 1. The molecule has 2 aromatic rings. The third-order valence-corrected chi connectivity index (χ3v) is 4.83. The molecule has 0 aliphatic carbocycles. The summed E-state index contributed by atoms with van der Waals surface area (Å²) >= 11 is 1.37. The van der Waals surface area contributed by atoms with Crippen molar-refractivity contribution in [3.05, 3.63) is 29.3 Å². The Kier molecular flexibility index (Phi) is 5.99. The molecule has 0 aliphatic rings. The Labute approximate surface area is 147 Å². The molecule has 1 aromatic heterocycles. The fraction of sp³-hybridized carbons (Fsp3) is 0.529. The number of rotatable bonds is 6. The van der Waals surface area contributed by atoms with Gasteiger partial charge in [0.05, 0.1) is 11.3 Å². The van der Waals surface area contributed by atoms with Gasteiger partial charge in [-0.05, 0) is 55.2 Å². The summed E-state index contributed by atoms with van der Waals surface area (Å²) in [5.74, 6) is 0.297. The number of aromatic nitrogens is 4. The molecule has 2 rings (SSSR count). The molecule has 6 nitrogen and oxygen atoms in total. The zero-order valence-electron chi connectivity index (χ0n) is 15.1. The fourth-order valence-corrected chi connectivity index (χ4v) is 3.29. The molecular formula is C17H25N5OS. The third-order valence-electron chi connectivity index (χ3n) is 3.78. The Morgan fingerprint density at radius 2 is 1.92 bits per heavy atom. The van der Waals surface area contributed by atoms with Gasteiger partial charge in [-0.25, -0.2) is 4.68 Å². The van der Waals surface area contributed by atoms with Gasteiger partial charge in [-0.2, -0.15) is 0 Å². The van der Waals surface area contributed by atoms with Crippen LogP contribution in [0.5, 0.6) is 0 Å². The number of nitrogens with one attached hydrogen (secondary N) is 1. The summed E-state index contributed by atoms with van der Waals surface area (Å²) in [6.45, 7) is 12.1. The number of nitrogens with zero attached hydrogens (tertiary/aromatic N) is 4. The zero-order valence-corrected chi connectivity index (χ0v) is 15.9. The molecule has 0 saturated carbocycles. The van der Waals surface area contributed by atoms with E-state index in [-0.39, 0.29) is 17.2 Å². The van der Waals surface area contributed by atoms with Crippen LogP contribution >= 0.6 is 11.8 Å². The molecule has 0 spiro atoms. The average molecular weight is 347 g/mol. The minimum absolute atomic E-state index is 0.0468. The first-order chi connectivity index (χ1) is 11.3. The van der Waals surface area contributed by atoms with Gasteiger partial charge in [0.1, 0.15) is 0 Å². The first-order valence-corrected chi connectivity index (χ1v) is 9.04. The number of anilines is 1. The Morgan fingerprint density at radius 1 is 1.21 bits per heavy atom. The van der Waals surface area contributed by atoms with Crippen LogP contribution < -0.4 is 5.32 Å². The van der Waals surface area contributed by atoms with Crippen LogP contribution in [0.2, 0.25) is 0 Å². The van der Waals surface area contributed by atoms with E-state index in [1.165, 1.54) is 11.8 Å². The first-order valence-electron chi connectivity index (χ1n) is 8.16. The highest BCUT2D eigenvalue weighted by Crippen LogP contribution is 2.29. The molecule has 24 heavy (non-hydrogen) atoms. The van der Waals surface area contributed by atoms with Gasteiger partial charge in [0.2, 0.25) is 11.1 Å². The summed E-state index contributed by atoms with van der Waals surface area (Å²) < 4.78 is 1.72. The second kappa shape index (κ2) is 7.79. The Balaban J connectivity index is 2.14. The lowest BCUT2D eigenvalue weighted by atomic mass is 9.98. The lowest BCUT2D eigenvalue weighted by molar-refractivity contribution is -0.115. The van der Waals surface area contributed by atoms with E-state index in [2.05, 4.69) is 40.8 Å². The van der Waals surface area contributed by atoms with Gasteiger partial charge in [-0.15, -0.1) is 5.10 Å². The lowest BCUT2D eigenvalue weighted by Gasteiger charge is -2.18. The summed E-state index contributed by atoms with van der Waals surface area (Å²) in [6.07, 6.45) is 0. The fourth-order valence-electron chi connectivity index (χ4n) is 2.37. The number of benzene rings is 1. The highest BCUT2D eigenvalue weighted by Gasteiger charge is 2.21. The highest BCUT2D eigenvalue weighted by molar-refractivity contribution is 8.00. The Hall–Kier alpha value is -1.89. The van der Waals surface area contributed by atoms with Crippen molar-refractivity contribution < 1.29 is 4.79 Å². The largest absolute Gasteiger partial charge is 0.325 e. The number of aryl methyl sites for hydroxylation is 1. The van der Waals surface area contributed by atoms with Gasteiger partial charge >= 0.3 is 0 Å². The molecule has 1 atom stereocenters. The monoisotopic (exact) mass is 347 g/mol. The predicted octanol–water partition coefficient (Wildman–Crippen LogP) is 3.81. The average Bonchev–Trinajstić information content (AvgIpc) is 2.97. The molecule has 1 unspecified atom stereocenters. The first kappa shape index (κ1) is 18.4. The summed E-state index contributed by atoms with van der Waals surface area (Å²) in [5, 5.41) is 15.1. The number of carbonyl (C=O) groups is 1. The number of para-hydroxylation sites is 1. The SMILES string of the molecule is Cc1cccc(C(C)C)c1NC(=O)C(C)Sc1nnnn1C(C)C. The van der Waals surface area contributed by atoms with Crippen LogP contribution in [-0.4, -0.2) is 31.4 Å². The van der Waals surface area contributed by atoms with Crippen LogP contribution in [0.3, 0.4) is 0 Å². The van der Waals surface area contributed by atoms with Gasteiger partial charge in [-0.3, -0.25) is 4.79 Å². The van der Waals surface area contributed by atoms with Crippen molar-refractivity contribution >= 4 is 23.4 Å². The van der Waals surface area contributed by atoms with E-state index in [4.69, 9.17) is 0 Å². The van der Waals surface area contributed by atoms with E-state index in [1.54, 1.807) is 4.68 Å². The number of amides is 1. The summed E-state index contributed by atoms with van der Waals surface area (Å²) in [4.78, 5) is 12.6. The summed E-state index contributed by atoms with van der Waals surface area (Å²) in [7, 11) is 0. The predicted molar refractivity (Wildman–Crippen MR) is 97.4 cm³/mol. The van der Waals surface area contributed by atoms with E-state index in [1.807, 2.05) is 39.8 Å². The molecule has 0 fully saturated rings. The quantitative estimate of drug-likeness (QED) is 0.805.